The van der Waals surface area contributed by atoms with Gasteiger partial charge in [0.15, 0.2) is 5.75 Å². The summed E-state index contributed by atoms with van der Waals surface area (Å²) in [6, 6.07) is 2.82. The number of hydrazine groups is 1. The number of fused-ring (bicyclic) bond motifs is 1. The summed E-state index contributed by atoms with van der Waals surface area (Å²) in [5, 5.41) is 10.6. The van der Waals surface area contributed by atoms with E-state index in [-0.39, 0.29) is 18.2 Å². The number of nitrogen functional groups attached to an aromatic ring is 1. The Hall–Kier alpha value is -2.02. The Balaban J connectivity index is 2.57. The number of nitro benzene ring substituents is 1. The second-order valence-electron chi connectivity index (χ2n) is 2.63. The third-order valence-electron chi connectivity index (χ3n) is 1.82. The number of nitrogens with two attached hydrogens (primary N) is 1. The van der Waals surface area contributed by atoms with Crippen molar-refractivity contribution in [1.29, 1.82) is 0 Å². The molecule has 1 aromatic carbocycles. The van der Waals surface area contributed by atoms with Crippen LogP contribution in [0.4, 0.5) is 11.4 Å². The van der Waals surface area contributed by atoms with Crippen molar-refractivity contribution >= 4 is 11.4 Å². The highest BCUT2D eigenvalue weighted by molar-refractivity contribution is 5.66. The van der Waals surface area contributed by atoms with Crippen LogP contribution < -0.4 is 20.7 Å². The lowest BCUT2D eigenvalue weighted by molar-refractivity contribution is -0.385. The Bertz CT molecular complexity index is 393. The molecule has 0 aromatic heterocycles. The molecule has 1 heterocycles. The first kappa shape index (κ1) is 8.57. The van der Waals surface area contributed by atoms with Crippen molar-refractivity contribution in [2.75, 3.05) is 12.2 Å². The van der Waals surface area contributed by atoms with Crippen LogP contribution in [0.15, 0.2) is 12.1 Å². The van der Waals surface area contributed by atoms with Crippen LogP contribution in [0.3, 0.4) is 0 Å². The average Bonchev–Trinajstić information content (AvgIpc) is 2.63. The second kappa shape index (κ2) is 3.04. The molecule has 7 nitrogen and oxygen atoms in total. The van der Waals surface area contributed by atoms with Crippen molar-refractivity contribution in [2.45, 2.75) is 0 Å². The van der Waals surface area contributed by atoms with Crippen molar-refractivity contribution in [3.63, 3.8) is 0 Å². The van der Waals surface area contributed by atoms with Crippen molar-refractivity contribution in [2.24, 2.45) is 5.84 Å². The Labute approximate surface area is 78.5 Å². The fraction of sp³-hybridized carbons (Fsp3) is 0.143. The molecule has 14 heavy (non-hydrogen) atoms. The number of benzene rings is 1. The van der Waals surface area contributed by atoms with Gasteiger partial charge in [0.2, 0.25) is 12.5 Å². The van der Waals surface area contributed by atoms with Crippen molar-refractivity contribution in [1.82, 2.24) is 0 Å². The molecule has 1 aliphatic rings. The summed E-state index contributed by atoms with van der Waals surface area (Å²) in [5.74, 6) is 5.62. The standard InChI is InChI=1S/C7H7N3O4/c8-9-4-1-5(10(11)12)7-6(2-4)13-3-14-7/h1-2,9H,3,8H2. The van der Waals surface area contributed by atoms with Crippen LogP contribution in [0.5, 0.6) is 11.5 Å². The number of nitrogens with zero attached hydrogens (tertiary/aromatic N) is 1. The normalized spacial score (nSPS) is 12.6. The van der Waals surface area contributed by atoms with Gasteiger partial charge in [-0.05, 0) is 0 Å². The third kappa shape index (κ3) is 1.19. The smallest absolute Gasteiger partial charge is 0.317 e. The van der Waals surface area contributed by atoms with Crippen molar-refractivity contribution in [3.05, 3.63) is 22.2 Å². The van der Waals surface area contributed by atoms with E-state index in [1.165, 1.54) is 12.1 Å². The number of hydrogen-bond donors (Lipinski definition) is 2. The number of hydrogen-bond acceptors (Lipinski definition) is 6. The number of nitrogens with one attached hydrogen (secondary N) is 1. The van der Waals surface area contributed by atoms with Gasteiger partial charge in [0.25, 0.3) is 0 Å². The first-order valence-corrected chi connectivity index (χ1v) is 3.77. The maximum absolute atomic E-state index is 10.6. The zero-order chi connectivity index (χ0) is 10.1. The molecule has 3 N–H and O–H groups in total. The number of anilines is 1. The molecule has 0 bridgehead atoms. The zero-order valence-corrected chi connectivity index (χ0v) is 7.02. The highest BCUT2D eigenvalue weighted by Crippen LogP contribution is 2.42. The number of rotatable bonds is 2. The Morgan fingerprint density at radius 1 is 1.50 bits per heavy atom. The Kier molecular flexibility index (Phi) is 1.86. The minimum absolute atomic E-state index is 0.00972. The largest absolute Gasteiger partial charge is 0.453 e. The van der Waals surface area contributed by atoms with Crippen LogP contribution in [-0.4, -0.2) is 11.7 Å². The van der Waals surface area contributed by atoms with E-state index in [2.05, 4.69) is 5.43 Å². The number of ether oxygens (including phenoxy) is 2. The van der Waals surface area contributed by atoms with E-state index in [0.29, 0.717) is 11.4 Å². The summed E-state index contributed by atoms with van der Waals surface area (Å²) in [5.41, 5.74) is 2.56. The van der Waals surface area contributed by atoms with Gasteiger partial charge in [-0.15, -0.1) is 0 Å². The molecule has 0 saturated carbocycles. The highest BCUT2D eigenvalue weighted by Gasteiger charge is 2.26. The van der Waals surface area contributed by atoms with E-state index in [4.69, 9.17) is 15.3 Å². The average molecular weight is 197 g/mol. The molecule has 0 spiro atoms. The van der Waals surface area contributed by atoms with Crippen molar-refractivity contribution in [3.8, 4) is 11.5 Å². The molecule has 0 atom stereocenters. The molecule has 1 aliphatic heterocycles. The first-order chi connectivity index (χ1) is 6.72. The molecular formula is C7H7N3O4. The van der Waals surface area contributed by atoms with Gasteiger partial charge in [-0.3, -0.25) is 16.0 Å². The van der Waals surface area contributed by atoms with Gasteiger partial charge in [0.05, 0.1) is 10.6 Å². The van der Waals surface area contributed by atoms with Gasteiger partial charge >= 0.3 is 5.69 Å². The zero-order valence-electron chi connectivity index (χ0n) is 7.02. The molecule has 2 rings (SSSR count). The van der Waals surface area contributed by atoms with Gasteiger partial charge < -0.3 is 14.9 Å². The monoisotopic (exact) mass is 197 g/mol. The quantitative estimate of drug-likeness (QED) is 0.409. The van der Waals surface area contributed by atoms with Gasteiger partial charge in [-0.25, -0.2) is 0 Å². The van der Waals surface area contributed by atoms with E-state index in [9.17, 15) is 10.1 Å². The topological polar surface area (TPSA) is 99.7 Å². The van der Waals surface area contributed by atoms with Crippen LogP contribution in [0.2, 0.25) is 0 Å². The predicted octanol–water partition coefficient (Wildman–Crippen LogP) is 0.609. The third-order valence-corrected chi connectivity index (χ3v) is 1.82. The molecule has 0 radical (unpaired) electrons. The fourth-order valence-electron chi connectivity index (χ4n) is 1.21. The lowest BCUT2D eigenvalue weighted by atomic mass is 10.2. The van der Waals surface area contributed by atoms with E-state index in [0.717, 1.165) is 0 Å². The van der Waals surface area contributed by atoms with Gasteiger partial charge in [-0.1, -0.05) is 0 Å². The molecule has 0 aliphatic carbocycles. The number of nitro groups is 1. The predicted molar refractivity (Wildman–Crippen MR) is 47.0 cm³/mol. The fourth-order valence-corrected chi connectivity index (χ4v) is 1.21. The molecular weight excluding hydrogens is 190 g/mol. The maximum atomic E-state index is 10.6. The Morgan fingerprint density at radius 3 is 2.93 bits per heavy atom. The molecule has 0 unspecified atom stereocenters. The SMILES string of the molecule is NNc1cc2c(c([N+](=O)[O-])c1)OCO2. The molecule has 74 valence electrons. The van der Waals surface area contributed by atoms with Gasteiger partial charge in [-0.2, -0.15) is 0 Å². The highest BCUT2D eigenvalue weighted by atomic mass is 16.7. The minimum Gasteiger partial charge on any atom is -0.453 e. The van der Waals surface area contributed by atoms with E-state index < -0.39 is 4.92 Å². The van der Waals surface area contributed by atoms with E-state index in [1.807, 2.05) is 0 Å². The molecule has 0 amide bonds. The summed E-state index contributed by atoms with van der Waals surface area (Å²) >= 11 is 0. The van der Waals surface area contributed by atoms with Crippen LogP contribution in [-0.2, 0) is 0 Å². The summed E-state index contributed by atoms with van der Waals surface area (Å²) in [7, 11) is 0. The van der Waals surface area contributed by atoms with E-state index >= 15 is 0 Å². The van der Waals surface area contributed by atoms with Crippen LogP contribution in [0, 0.1) is 10.1 Å². The minimum atomic E-state index is -0.547. The first-order valence-electron chi connectivity index (χ1n) is 3.77. The second-order valence-corrected chi connectivity index (χ2v) is 2.63. The summed E-state index contributed by atoms with van der Waals surface area (Å²) < 4.78 is 9.97. The van der Waals surface area contributed by atoms with Crippen molar-refractivity contribution < 1.29 is 14.4 Å². The summed E-state index contributed by atoms with van der Waals surface area (Å²) in [4.78, 5) is 10.1. The van der Waals surface area contributed by atoms with Gasteiger partial charge in [0, 0.05) is 12.1 Å². The lowest BCUT2D eigenvalue weighted by Gasteiger charge is -2.02. The van der Waals surface area contributed by atoms with Crippen LogP contribution in [0.1, 0.15) is 0 Å². The van der Waals surface area contributed by atoms with E-state index in [1.54, 1.807) is 0 Å². The lowest BCUT2D eigenvalue weighted by Crippen LogP contribution is -2.06. The maximum Gasteiger partial charge on any atom is 0.317 e. The molecule has 0 fully saturated rings. The summed E-state index contributed by atoms with van der Waals surface area (Å²) in [6.45, 7) is -0.00972. The molecule has 7 heteroatoms. The summed E-state index contributed by atoms with van der Waals surface area (Å²) in [6.07, 6.45) is 0. The van der Waals surface area contributed by atoms with Gasteiger partial charge in [0.1, 0.15) is 0 Å². The molecule has 1 aromatic rings. The molecule has 0 saturated heterocycles. The van der Waals surface area contributed by atoms with Crippen LogP contribution >= 0.6 is 0 Å². The van der Waals surface area contributed by atoms with Crippen LogP contribution in [0.25, 0.3) is 0 Å². The Morgan fingerprint density at radius 2 is 2.29 bits per heavy atom.